The molecule has 98 valence electrons. The monoisotopic (exact) mass is 249 g/mol. The molecule has 0 aromatic carbocycles. The van der Waals surface area contributed by atoms with E-state index in [1.807, 2.05) is 0 Å². The SMILES string of the molecule is CN1CCC(CN(C)C(=O)c2cnc(N)cn2)C1. The Morgan fingerprint density at radius 3 is 2.89 bits per heavy atom. The minimum Gasteiger partial charge on any atom is -0.382 e. The minimum absolute atomic E-state index is 0.1000. The van der Waals surface area contributed by atoms with Crippen LogP contribution in [0.2, 0.25) is 0 Å². The molecule has 1 aromatic heterocycles. The zero-order valence-electron chi connectivity index (χ0n) is 10.8. The molecule has 0 radical (unpaired) electrons. The summed E-state index contributed by atoms with van der Waals surface area (Å²) in [5.74, 6) is 0.773. The van der Waals surface area contributed by atoms with Crippen molar-refractivity contribution in [3.63, 3.8) is 0 Å². The molecule has 2 rings (SSSR count). The molecule has 0 saturated carbocycles. The molecule has 2 N–H and O–H groups in total. The maximum absolute atomic E-state index is 12.1. The average Bonchev–Trinajstić information content (AvgIpc) is 2.75. The molecule has 6 heteroatoms. The third-order valence-corrected chi connectivity index (χ3v) is 3.26. The van der Waals surface area contributed by atoms with Gasteiger partial charge >= 0.3 is 0 Å². The summed E-state index contributed by atoms with van der Waals surface area (Å²) in [5.41, 5.74) is 5.79. The molecule has 1 aliphatic rings. The van der Waals surface area contributed by atoms with Crippen LogP contribution in [0.1, 0.15) is 16.9 Å². The van der Waals surface area contributed by atoms with Gasteiger partial charge < -0.3 is 15.5 Å². The van der Waals surface area contributed by atoms with Crippen molar-refractivity contribution in [1.82, 2.24) is 19.8 Å². The summed E-state index contributed by atoms with van der Waals surface area (Å²) in [6.07, 6.45) is 3.97. The number of aromatic nitrogens is 2. The van der Waals surface area contributed by atoms with Gasteiger partial charge in [-0.1, -0.05) is 0 Å². The maximum Gasteiger partial charge on any atom is 0.273 e. The van der Waals surface area contributed by atoms with Crippen LogP contribution in [0.25, 0.3) is 0 Å². The first-order chi connectivity index (χ1) is 8.56. The first-order valence-electron chi connectivity index (χ1n) is 6.08. The predicted molar refractivity (Wildman–Crippen MR) is 69.0 cm³/mol. The fourth-order valence-electron chi connectivity index (χ4n) is 2.29. The Balaban J connectivity index is 1.94. The van der Waals surface area contributed by atoms with Crippen molar-refractivity contribution in [3.05, 3.63) is 18.1 Å². The van der Waals surface area contributed by atoms with E-state index in [0.717, 1.165) is 26.1 Å². The molecule has 1 unspecified atom stereocenters. The van der Waals surface area contributed by atoms with E-state index >= 15 is 0 Å². The number of rotatable bonds is 3. The zero-order valence-corrected chi connectivity index (χ0v) is 10.8. The normalized spacial score (nSPS) is 20.0. The van der Waals surface area contributed by atoms with E-state index in [9.17, 15) is 4.79 Å². The molecule has 0 spiro atoms. The summed E-state index contributed by atoms with van der Waals surface area (Å²) < 4.78 is 0. The highest BCUT2D eigenvalue weighted by Crippen LogP contribution is 2.15. The molecule has 1 aliphatic heterocycles. The van der Waals surface area contributed by atoms with Crippen LogP contribution >= 0.6 is 0 Å². The predicted octanol–water partition coefficient (Wildman–Crippen LogP) is 0.0825. The maximum atomic E-state index is 12.1. The molecule has 6 nitrogen and oxygen atoms in total. The van der Waals surface area contributed by atoms with Crippen molar-refractivity contribution in [2.45, 2.75) is 6.42 Å². The molecule has 1 atom stereocenters. The van der Waals surface area contributed by atoms with Crippen LogP contribution in [0.4, 0.5) is 5.82 Å². The quantitative estimate of drug-likeness (QED) is 0.821. The van der Waals surface area contributed by atoms with Gasteiger partial charge in [-0.3, -0.25) is 4.79 Å². The van der Waals surface area contributed by atoms with Gasteiger partial charge in [0.25, 0.3) is 5.91 Å². The molecule has 0 aliphatic carbocycles. The van der Waals surface area contributed by atoms with E-state index in [1.54, 1.807) is 11.9 Å². The second kappa shape index (κ2) is 5.30. The number of hydrogen-bond donors (Lipinski definition) is 1. The van der Waals surface area contributed by atoms with E-state index in [0.29, 0.717) is 17.4 Å². The highest BCUT2D eigenvalue weighted by atomic mass is 16.2. The second-order valence-electron chi connectivity index (χ2n) is 4.93. The van der Waals surface area contributed by atoms with E-state index in [1.165, 1.54) is 12.4 Å². The third kappa shape index (κ3) is 2.95. The first kappa shape index (κ1) is 12.8. The van der Waals surface area contributed by atoms with Crippen molar-refractivity contribution in [3.8, 4) is 0 Å². The van der Waals surface area contributed by atoms with Crippen LogP contribution in [0.3, 0.4) is 0 Å². The lowest BCUT2D eigenvalue weighted by Crippen LogP contribution is -2.33. The lowest BCUT2D eigenvalue weighted by molar-refractivity contribution is 0.0768. The second-order valence-corrected chi connectivity index (χ2v) is 4.93. The number of hydrogen-bond acceptors (Lipinski definition) is 5. The van der Waals surface area contributed by atoms with Gasteiger partial charge in [0, 0.05) is 20.1 Å². The number of carbonyl (C=O) groups excluding carboxylic acids is 1. The molecular formula is C12H19N5O. The van der Waals surface area contributed by atoms with E-state index < -0.39 is 0 Å². The van der Waals surface area contributed by atoms with Crippen molar-refractivity contribution >= 4 is 11.7 Å². The highest BCUT2D eigenvalue weighted by molar-refractivity contribution is 5.91. The molecule has 18 heavy (non-hydrogen) atoms. The number of carbonyl (C=O) groups is 1. The van der Waals surface area contributed by atoms with Gasteiger partial charge in [-0.2, -0.15) is 0 Å². The van der Waals surface area contributed by atoms with E-state index in [4.69, 9.17) is 5.73 Å². The van der Waals surface area contributed by atoms with Crippen molar-refractivity contribution in [1.29, 1.82) is 0 Å². The zero-order chi connectivity index (χ0) is 13.1. The summed E-state index contributed by atoms with van der Waals surface area (Å²) in [4.78, 5) is 24.0. The van der Waals surface area contributed by atoms with Gasteiger partial charge in [0.05, 0.1) is 12.4 Å². The Labute approximate surface area is 107 Å². The Hall–Kier alpha value is -1.69. The van der Waals surface area contributed by atoms with Crippen LogP contribution in [0.15, 0.2) is 12.4 Å². The van der Waals surface area contributed by atoms with E-state index in [2.05, 4.69) is 21.9 Å². The molecular weight excluding hydrogens is 230 g/mol. The molecule has 1 amide bonds. The van der Waals surface area contributed by atoms with Crippen LogP contribution in [-0.4, -0.2) is 59.4 Å². The molecule has 1 fully saturated rings. The molecule has 1 saturated heterocycles. The molecule has 1 aromatic rings. The summed E-state index contributed by atoms with van der Waals surface area (Å²) >= 11 is 0. The topological polar surface area (TPSA) is 75.3 Å². The van der Waals surface area contributed by atoms with Crippen LogP contribution < -0.4 is 5.73 Å². The standard InChI is InChI=1S/C12H19N5O/c1-16-4-3-9(7-16)8-17(2)12(18)10-5-15-11(13)6-14-10/h5-6,9H,3-4,7-8H2,1-2H3,(H2,13,15). The summed E-state index contributed by atoms with van der Waals surface area (Å²) in [6, 6.07) is 0. The number of nitrogens with two attached hydrogens (primary N) is 1. The van der Waals surface area contributed by atoms with E-state index in [-0.39, 0.29) is 5.91 Å². The molecule has 0 bridgehead atoms. The Morgan fingerprint density at radius 2 is 2.33 bits per heavy atom. The van der Waals surface area contributed by atoms with Gasteiger partial charge in [0.2, 0.25) is 0 Å². The Kier molecular flexibility index (Phi) is 3.76. The fraction of sp³-hybridized carbons (Fsp3) is 0.583. The number of nitrogens with zero attached hydrogens (tertiary/aromatic N) is 4. The van der Waals surface area contributed by atoms with Crippen LogP contribution in [0.5, 0.6) is 0 Å². The number of amides is 1. The summed E-state index contributed by atoms with van der Waals surface area (Å²) in [5, 5.41) is 0. The molecule has 2 heterocycles. The Bertz CT molecular complexity index is 419. The van der Waals surface area contributed by atoms with Crippen molar-refractivity contribution in [2.24, 2.45) is 5.92 Å². The average molecular weight is 249 g/mol. The summed E-state index contributed by atoms with van der Waals surface area (Å²) in [6.45, 7) is 2.91. The largest absolute Gasteiger partial charge is 0.382 e. The number of anilines is 1. The Morgan fingerprint density at radius 1 is 1.56 bits per heavy atom. The van der Waals surface area contributed by atoms with Gasteiger partial charge in [-0.05, 0) is 25.9 Å². The van der Waals surface area contributed by atoms with Crippen molar-refractivity contribution < 1.29 is 4.79 Å². The fourth-order valence-corrected chi connectivity index (χ4v) is 2.29. The van der Waals surface area contributed by atoms with Gasteiger partial charge in [-0.25, -0.2) is 9.97 Å². The lowest BCUT2D eigenvalue weighted by atomic mass is 10.1. The lowest BCUT2D eigenvalue weighted by Gasteiger charge is -2.20. The first-order valence-corrected chi connectivity index (χ1v) is 6.08. The number of nitrogen functional groups attached to an aromatic ring is 1. The third-order valence-electron chi connectivity index (χ3n) is 3.26. The van der Waals surface area contributed by atoms with Crippen LogP contribution in [0, 0.1) is 5.92 Å². The van der Waals surface area contributed by atoms with Crippen LogP contribution in [-0.2, 0) is 0 Å². The smallest absolute Gasteiger partial charge is 0.273 e. The number of likely N-dealkylation sites (tertiary alicyclic amines) is 1. The summed E-state index contributed by atoms with van der Waals surface area (Å²) in [7, 11) is 3.91. The highest BCUT2D eigenvalue weighted by Gasteiger charge is 2.23. The van der Waals surface area contributed by atoms with Gasteiger partial charge in [0.15, 0.2) is 0 Å². The van der Waals surface area contributed by atoms with Gasteiger partial charge in [0.1, 0.15) is 11.5 Å². The van der Waals surface area contributed by atoms with Crippen molar-refractivity contribution in [2.75, 3.05) is 39.5 Å². The minimum atomic E-state index is -0.1000. The van der Waals surface area contributed by atoms with Gasteiger partial charge in [-0.15, -0.1) is 0 Å².